The van der Waals surface area contributed by atoms with E-state index in [1.54, 1.807) is 0 Å². The normalized spacial score (nSPS) is 22.8. The fourth-order valence-electron chi connectivity index (χ4n) is 4.28. The van der Waals surface area contributed by atoms with Crippen LogP contribution in [0, 0.1) is 0 Å². The summed E-state index contributed by atoms with van der Waals surface area (Å²) in [5.41, 5.74) is 1.30. The molecule has 3 rings (SSSR count). The van der Waals surface area contributed by atoms with Crippen molar-refractivity contribution < 1.29 is 17.9 Å². The molecule has 2 fully saturated rings. The Balaban J connectivity index is 1.55. The molecule has 0 amide bonds. The summed E-state index contributed by atoms with van der Waals surface area (Å²) < 4.78 is 43.4. The lowest BCUT2D eigenvalue weighted by molar-refractivity contribution is -0.143. The van der Waals surface area contributed by atoms with Gasteiger partial charge in [-0.05, 0) is 32.5 Å². The molecule has 31 heavy (non-hydrogen) atoms. The topological polar surface area (TPSA) is 43.3 Å². The molecule has 1 aromatic carbocycles. The Morgan fingerprint density at radius 3 is 2.74 bits per heavy atom. The third-order valence-corrected chi connectivity index (χ3v) is 5.69. The molecule has 0 spiro atoms. The van der Waals surface area contributed by atoms with Crippen molar-refractivity contribution in [3.05, 3.63) is 35.9 Å². The molecule has 2 heterocycles. The first-order valence-electron chi connectivity index (χ1n) is 11.0. The fraction of sp³-hybridized carbons (Fsp3) is 0.682. The van der Waals surface area contributed by atoms with Crippen LogP contribution in [-0.4, -0.2) is 98.4 Å². The number of fused-ring (bicyclic) bond motifs is 1. The average Bonchev–Trinajstić information content (AvgIpc) is 3.15. The second-order valence-corrected chi connectivity index (χ2v) is 8.28. The zero-order valence-electron chi connectivity index (χ0n) is 18.4. The largest absolute Gasteiger partial charge is 0.401 e. The molecule has 0 aliphatic carbocycles. The predicted molar refractivity (Wildman–Crippen MR) is 116 cm³/mol. The van der Waals surface area contributed by atoms with Crippen molar-refractivity contribution in [3.8, 4) is 0 Å². The number of halogens is 3. The number of hydrogen-bond donors (Lipinski definition) is 1. The van der Waals surface area contributed by atoms with Gasteiger partial charge in [0, 0.05) is 39.3 Å². The van der Waals surface area contributed by atoms with Crippen molar-refractivity contribution in [2.24, 2.45) is 4.99 Å². The van der Waals surface area contributed by atoms with Crippen molar-refractivity contribution in [2.75, 3.05) is 59.5 Å². The van der Waals surface area contributed by atoms with Gasteiger partial charge in [0.2, 0.25) is 0 Å². The molecule has 0 aromatic heterocycles. The molecule has 9 heteroatoms. The molecule has 6 nitrogen and oxygen atoms in total. The minimum Gasteiger partial charge on any atom is -0.373 e. The highest BCUT2D eigenvalue weighted by molar-refractivity contribution is 5.80. The lowest BCUT2D eigenvalue weighted by atomic mass is 10.1. The molecular formula is C22H34F3N5O. The number of benzene rings is 1. The van der Waals surface area contributed by atoms with Crippen LogP contribution >= 0.6 is 0 Å². The number of aliphatic imine (C=N–C) groups is 1. The van der Waals surface area contributed by atoms with Crippen LogP contribution in [0.4, 0.5) is 13.2 Å². The van der Waals surface area contributed by atoms with E-state index in [4.69, 9.17) is 4.74 Å². The number of ether oxygens (including phenoxy) is 1. The van der Waals surface area contributed by atoms with Gasteiger partial charge in [-0.3, -0.25) is 14.8 Å². The summed E-state index contributed by atoms with van der Waals surface area (Å²) in [7, 11) is 1.49. The number of guanidine groups is 1. The first kappa shape index (κ1) is 23.8. The molecule has 2 atom stereocenters. The highest BCUT2D eigenvalue weighted by Gasteiger charge is 2.41. The Kier molecular flexibility index (Phi) is 8.57. The zero-order valence-corrected chi connectivity index (χ0v) is 18.4. The van der Waals surface area contributed by atoms with Crippen LogP contribution in [0.3, 0.4) is 0 Å². The molecule has 174 valence electrons. The maximum absolute atomic E-state index is 12.5. The standard InChI is InChI=1S/C22H34F3N5O/c1-3-26-21(27-10-7-11-28(2)17-22(23,24)25)30-15-19-20(16-30)31-13-12-29(19)14-18-8-5-4-6-9-18/h4-6,8-9,19-20H,3,7,10-17H2,1-2H3,(H,26,27). The van der Waals surface area contributed by atoms with E-state index in [0.29, 0.717) is 25.6 Å². The van der Waals surface area contributed by atoms with E-state index in [1.807, 2.05) is 13.0 Å². The van der Waals surface area contributed by atoms with Gasteiger partial charge in [-0.1, -0.05) is 30.3 Å². The SMILES string of the molecule is CCNC(=NCCCN(C)CC(F)(F)F)N1CC2OCCN(Cc3ccccc3)C2C1. The fourth-order valence-corrected chi connectivity index (χ4v) is 4.28. The van der Waals surface area contributed by atoms with Gasteiger partial charge >= 0.3 is 6.18 Å². The van der Waals surface area contributed by atoms with E-state index in [2.05, 4.69) is 44.4 Å². The van der Waals surface area contributed by atoms with Crippen molar-refractivity contribution in [3.63, 3.8) is 0 Å². The van der Waals surface area contributed by atoms with Gasteiger partial charge < -0.3 is 15.0 Å². The summed E-state index contributed by atoms with van der Waals surface area (Å²) in [5, 5.41) is 3.33. The van der Waals surface area contributed by atoms with E-state index >= 15 is 0 Å². The smallest absolute Gasteiger partial charge is 0.373 e. The quantitative estimate of drug-likeness (QED) is 0.381. The maximum Gasteiger partial charge on any atom is 0.401 e. The third kappa shape index (κ3) is 7.36. The van der Waals surface area contributed by atoms with Crippen molar-refractivity contribution in [1.29, 1.82) is 0 Å². The van der Waals surface area contributed by atoms with Gasteiger partial charge in [0.15, 0.2) is 5.96 Å². The van der Waals surface area contributed by atoms with Crippen molar-refractivity contribution in [1.82, 2.24) is 20.0 Å². The zero-order chi connectivity index (χ0) is 22.3. The van der Waals surface area contributed by atoms with E-state index in [9.17, 15) is 13.2 Å². The van der Waals surface area contributed by atoms with Crippen LogP contribution < -0.4 is 5.32 Å². The highest BCUT2D eigenvalue weighted by Crippen LogP contribution is 2.24. The number of rotatable bonds is 8. The van der Waals surface area contributed by atoms with Crippen LogP contribution in [0.1, 0.15) is 18.9 Å². The number of nitrogens with zero attached hydrogens (tertiary/aromatic N) is 4. The van der Waals surface area contributed by atoms with E-state index in [0.717, 1.165) is 45.3 Å². The number of hydrogen-bond acceptors (Lipinski definition) is 4. The molecule has 1 N–H and O–H groups in total. The average molecular weight is 442 g/mol. The van der Waals surface area contributed by atoms with Crippen LogP contribution in [0.25, 0.3) is 0 Å². The van der Waals surface area contributed by atoms with Gasteiger partial charge in [-0.2, -0.15) is 13.2 Å². The Labute approximate surface area is 183 Å². The molecule has 0 radical (unpaired) electrons. The summed E-state index contributed by atoms with van der Waals surface area (Å²) in [5.74, 6) is 0.818. The Morgan fingerprint density at radius 2 is 2.03 bits per heavy atom. The lowest BCUT2D eigenvalue weighted by Gasteiger charge is -2.36. The van der Waals surface area contributed by atoms with Crippen LogP contribution in [0.15, 0.2) is 35.3 Å². The summed E-state index contributed by atoms with van der Waals surface area (Å²) in [6.07, 6.45) is -3.44. The van der Waals surface area contributed by atoms with Crippen LogP contribution in [-0.2, 0) is 11.3 Å². The Bertz CT molecular complexity index is 700. The van der Waals surface area contributed by atoms with Crippen molar-refractivity contribution >= 4 is 5.96 Å². The van der Waals surface area contributed by atoms with Gasteiger partial charge in [-0.15, -0.1) is 0 Å². The van der Waals surface area contributed by atoms with Crippen molar-refractivity contribution in [2.45, 2.75) is 38.2 Å². The summed E-state index contributed by atoms with van der Waals surface area (Å²) in [6.45, 7) is 6.87. The first-order valence-corrected chi connectivity index (χ1v) is 11.0. The molecule has 2 saturated heterocycles. The van der Waals surface area contributed by atoms with Gasteiger partial charge in [0.25, 0.3) is 0 Å². The molecule has 0 saturated carbocycles. The predicted octanol–water partition coefficient (Wildman–Crippen LogP) is 2.42. The number of alkyl halides is 3. The van der Waals surface area contributed by atoms with Gasteiger partial charge in [-0.25, -0.2) is 0 Å². The molecule has 2 aliphatic heterocycles. The second kappa shape index (κ2) is 11.2. The third-order valence-electron chi connectivity index (χ3n) is 5.69. The molecule has 2 aliphatic rings. The lowest BCUT2D eigenvalue weighted by Crippen LogP contribution is -2.50. The van der Waals surface area contributed by atoms with Crippen LogP contribution in [0.5, 0.6) is 0 Å². The molecule has 0 bridgehead atoms. The number of morpholine rings is 1. The van der Waals surface area contributed by atoms with Gasteiger partial charge in [0.05, 0.1) is 25.3 Å². The minimum absolute atomic E-state index is 0.138. The summed E-state index contributed by atoms with van der Waals surface area (Å²) in [4.78, 5) is 10.7. The Hall–Kier alpha value is -1.84. The monoisotopic (exact) mass is 441 g/mol. The summed E-state index contributed by atoms with van der Waals surface area (Å²) >= 11 is 0. The summed E-state index contributed by atoms with van der Waals surface area (Å²) in [6, 6.07) is 10.8. The second-order valence-electron chi connectivity index (χ2n) is 8.28. The minimum atomic E-state index is -4.16. The maximum atomic E-state index is 12.5. The van der Waals surface area contributed by atoms with E-state index in [-0.39, 0.29) is 6.10 Å². The molecule has 2 unspecified atom stereocenters. The van der Waals surface area contributed by atoms with Gasteiger partial charge in [0.1, 0.15) is 0 Å². The first-order chi connectivity index (χ1) is 14.9. The Morgan fingerprint density at radius 1 is 1.26 bits per heavy atom. The molecule has 1 aromatic rings. The van der Waals surface area contributed by atoms with Crippen LogP contribution in [0.2, 0.25) is 0 Å². The highest BCUT2D eigenvalue weighted by atomic mass is 19.4. The number of likely N-dealkylation sites (tertiary alicyclic amines) is 1. The van der Waals surface area contributed by atoms with E-state index < -0.39 is 12.7 Å². The molecular weight excluding hydrogens is 407 g/mol. The van der Waals surface area contributed by atoms with E-state index in [1.165, 1.54) is 17.5 Å². The number of nitrogens with one attached hydrogen (secondary N) is 1.